The van der Waals surface area contributed by atoms with Gasteiger partial charge in [0.2, 0.25) is 10.0 Å². The molecule has 8 nitrogen and oxygen atoms in total. The number of phenolic OH excluding ortho intramolecular Hbond substituents is 1. The van der Waals surface area contributed by atoms with Crippen molar-refractivity contribution in [3.63, 3.8) is 0 Å². The molecule has 9 heteroatoms. The van der Waals surface area contributed by atoms with Gasteiger partial charge in [0.25, 0.3) is 5.91 Å². The number of methoxy groups -OCH3 is 1. The molecule has 3 aromatic carbocycles. The molecular formula is C30H38N2O6S. The lowest BCUT2D eigenvalue weighted by Gasteiger charge is -2.35. The number of aliphatic hydroxyl groups is 1. The van der Waals surface area contributed by atoms with Gasteiger partial charge in [-0.2, -0.15) is 4.31 Å². The minimum atomic E-state index is -3.95. The number of hydrogen-bond donors (Lipinski definition) is 2. The first-order valence-corrected chi connectivity index (χ1v) is 14.3. The molecule has 2 atom stereocenters. The summed E-state index contributed by atoms with van der Waals surface area (Å²) in [4.78, 5) is 15.1. The van der Waals surface area contributed by atoms with Crippen molar-refractivity contribution < 1.29 is 28.2 Å². The highest BCUT2D eigenvalue weighted by molar-refractivity contribution is 7.89. The second kappa shape index (κ2) is 13.1. The van der Waals surface area contributed by atoms with Gasteiger partial charge < -0.3 is 19.8 Å². The monoisotopic (exact) mass is 554 g/mol. The Balaban J connectivity index is 1.96. The van der Waals surface area contributed by atoms with E-state index in [1.54, 1.807) is 38.2 Å². The minimum absolute atomic E-state index is 0.00287. The number of amides is 1. The second-order valence-corrected chi connectivity index (χ2v) is 12.0. The number of rotatable bonds is 12. The number of ether oxygens (including phenoxy) is 1. The first-order valence-electron chi connectivity index (χ1n) is 12.9. The Bertz CT molecular complexity index is 1340. The number of carbonyl (C=O) groups excluding carboxylic acids is 1. The summed E-state index contributed by atoms with van der Waals surface area (Å²) in [6.45, 7) is 5.45. The Morgan fingerprint density at radius 3 is 2.18 bits per heavy atom. The number of carbonyl (C=O) groups is 1. The number of sulfonamides is 1. The maximum atomic E-state index is 13.7. The summed E-state index contributed by atoms with van der Waals surface area (Å²) >= 11 is 0. The maximum Gasteiger partial charge on any atom is 0.254 e. The van der Waals surface area contributed by atoms with Gasteiger partial charge in [-0.3, -0.25) is 4.79 Å². The lowest BCUT2D eigenvalue weighted by Crippen LogP contribution is -2.51. The Hall–Kier alpha value is -3.40. The number of benzene rings is 3. The van der Waals surface area contributed by atoms with E-state index in [9.17, 15) is 23.4 Å². The van der Waals surface area contributed by atoms with E-state index in [0.717, 1.165) is 5.56 Å². The van der Waals surface area contributed by atoms with E-state index in [2.05, 4.69) is 0 Å². The highest BCUT2D eigenvalue weighted by Gasteiger charge is 2.34. The average Bonchev–Trinajstić information content (AvgIpc) is 2.92. The third-order valence-electron chi connectivity index (χ3n) is 6.74. The van der Waals surface area contributed by atoms with Crippen molar-refractivity contribution in [2.24, 2.45) is 5.92 Å². The molecule has 3 rings (SSSR count). The van der Waals surface area contributed by atoms with E-state index in [1.807, 2.05) is 44.2 Å². The average molecular weight is 555 g/mol. The quantitative estimate of drug-likeness (QED) is 0.349. The molecule has 0 aromatic heterocycles. The summed E-state index contributed by atoms with van der Waals surface area (Å²) in [6.07, 6.45) is -0.899. The second-order valence-electron chi connectivity index (χ2n) is 10.1. The van der Waals surface area contributed by atoms with E-state index in [0.29, 0.717) is 23.3 Å². The van der Waals surface area contributed by atoms with Crippen LogP contribution in [-0.4, -0.2) is 73.1 Å². The van der Waals surface area contributed by atoms with Crippen LogP contribution < -0.4 is 4.74 Å². The van der Waals surface area contributed by atoms with Crippen molar-refractivity contribution in [1.82, 2.24) is 9.21 Å². The van der Waals surface area contributed by atoms with Crippen LogP contribution in [0.4, 0.5) is 0 Å². The van der Waals surface area contributed by atoms with Gasteiger partial charge in [0.1, 0.15) is 11.5 Å². The van der Waals surface area contributed by atoms with E-state index in [4.69, 9.17) is 4.74 Å². The molecule has 39 heavy (non-hydrogen) atoms. The van der Waals surface area contributed by atoms with Crippen molar-refractivity contribution in [1.29, 1.82) is 0 Å². The molecule has 1 amide bonds. The summed E-state index contributed by atoms with van der Waals surface area (Å²) < 4.78 is 33.8. The lowest BCUT2D eigenvalue weighted by atomic mass is 9.98. The number of aliphatic hydroxyl groups excluding tert-OH is 1. The molecule has 2 N–H and O–H groups in total. The van der Waals surface area contributed by atoms with E-state index in [-0.39, 0.29) is 35.6 Å². The normalized spacial score (nSPS) is 13.3. The molecule has 210 valence electrons. The third kappa shape index (κ3) is 7.38. The molecule has 0 aliphatic heterocycles. The van der Waals surface area contributed by atoms with Crippen LogP contribution in [0.3, 0.4) is 0 Å². The molecule has 0 radical (unpaired) electrons. The van der Waals surface area contributed by atoms with Crippen molar-refractivity contribution >= 4 is 15.9 Å². The number of aromatic hydroxyl groups is 1. The van der Waals surface area contributed by atoms with E-state index in [1.165, 1.54) is 34.5 Å². The summed E-state index contributed by atoms with van der Waals surface area (Å²) in [7, 11) is -0.853. The third-order valence-corrected chi connectivity index (χ3v) is 8.59. The van der Waals surface area contributed by atoms with Crippen molar-refractivity contribution in [2.75, 3.05) is 27.2 Å². The Morgan fingerprint density at radius 1 is 0.949 bits per heavy atom. The fourth-order valence-corrected chi connectivity index (χ4v) is 6.11. The SMILES string of the molecule is COc1ccc(S(=O)(=O)N(CC(C)C)C[C@@H](O)[C@H](Cc2ccccc2)N(C)C(=O)c2cccc(O)c2C)cc1. The first kappa shape index (κ1) is 30.1. The molecule has 0 unspecified atom stereocenters. The zero-order valence-corrected chi connectivity index (χ0v) is 23.9. The molecule has 3 aromatic rings. The number of nitrogens with zero attached hydrogens (tertiary/aromatic N) is 2. The summed E-state index contributed by atoms with van der Waals surface area (Å²) in [5.41, 5.74) is 1.64. The fourth-order valence-electron chi connectivity index (χ4n) is 4.49. The Labute approximate surface area is 231 Å². The standard InChI is InChI=1S/C30H38N2O6S/c1-21(2)19-32(39(36,37)25-16-14-24(38-5)15-17-25)20-29(34)27(18-23-10-7-6-8-11-23)31(4)30(35)26-12-9-13-28(33)22(26)3/h6-17,21,27,29,33-34H,18-20H2,1-5H3/t27-,29+/m0/s1. The number of hydrogen-bond acceptors (Lipinski definition) is 6. The van der Waals surface area contributed by atoms with Gasteiger partial charge in [-0.05, 0) is 61.2 Å². The van der Waals surface area contributed by atoms with Gasteiger partial charge >= 0.3 is 0 Å². The van der Waals surface area contributed by atoms with Crippen LogP contribution >= 0.6 is 0 Å². The van der Waals surface area contributed by atoms with Crippen LogP contribution in [0.25, 0.3) is 0 Å². The topological polar surface area (TPSA) is 107 Å². The number of phenols is 1. The molecule has 0 saturated carbocycles. The van der Waals surface area contributed by atoms with Gasteiger partial charge in [0, 0.05) is 31.3 Å². The molecule has 0 saturated heterocycles. The smallest absolute Gasteiger partial charge is 0.254 e. The summed E-state index contributed by atoms with van der Waals surface area (Å²) in [6, 6.07) is 19.5. The molecule has 0 heterocycles. The van der Waals surface area contributed by atoms with Crippen molar-refractivity contribution in [2.45, 2.75) is 44.2 Å². The molecule has 0 aliphatic carbocycles. The van der Waals surface area contributed by atoms with Crippen LogP contribution in [0.1, 0.15) is 35.3 Å². The van der Waals surface area contributed by atoms with Crippen LogP contribution in [0.15, 0.2) is 77.7 Å². The van der Waals surface area contributed by atoms with Crippen LogP contribution in [0.2, 0.25) is 0 Å². The van der Waals surface area contributed by atoms with E-state index >= 15 is 0 Å². The lowest BCUT2D eigenvalue weighted by molar-refractivity contribution is 0.0369. The molecule has 0 aliphatic rings. The maximum absolute atomic E-state index is 13.7. The number of likely N-dealkylation sites (N-methyl/N-ethyl adjacent to an activating group) is 1. The Morgan fingerprint density at radius 2 is 1.59 bits per heavy atom. The van der Waals surface area contributed by atoms with Gasteiger partial charge in [-0.25, -0.2) is 8.42 Å². The van der Waals surface area contributed by atoms with Gasteiger partial charge in [0.15, 0.2) is 0 Å². The molecular weight excluding hydrogens is 516 g/mol. The van der Waals surface area contributed by atoms with E-state index < -0.39 is 22.2 Å². The van der Waals surface area contributed by atoms with Gasteiger partial charge in [-0.15, -0.1) is 0 Å². The van der Waals surface area contributed by atoms with Crippen molar-refractivity contribution in [3.05, 3.63) is 89.5 Å². The van der Waals surface area contributed by atoms with Crippen molar-refractivity contribution in [3.8, 4) is 11.5 Å². The molecule has 0 bridgehead atoms. The van der Waals surface area contributed by atoms with Gasteiger partial charge in [0.05, 0.1) is 24.2 Å². The molecule has 0 fully saturated rings. The highest BCUT2D eigenvalue weighted by atomic mass is 32.2. The Kier molecular flexibility index (Phi) is 10.1. The zero-order chi connectivity index (χ0) is 28.7. The molecule has 0 spiro atoms. The summed E-state index contributed by atoms with van der Waals surface area (Å²) in [5.74, 6) is 0.154. The summed E-state index contributed by atoms with van der Waals surface area (Å²) in [5, 5.41) is 21.7. The van der Waals surface area contributed by atoms with Crippen LogP contribution in [0.5, 0.6) is 11.5 Å². The zero-order valence-electron chi connectivity index (χ0n) is 23.1. The van der Waals surface area contributed by atoms with Crippen LogP contribution in [-0.2, 0) is 16.4 Å². The first-order chi connectivity index (χ1) is 18.4. The fraction of sp³-hybridized carbons (Fsp3) is 0.367. The minimum Gasteiger partial charge on any atom is -0.508 e. The van der Waals surface area contributed by atoms with Gasteiger partial charge in [-0.1, -0.05) is 50.2 Å². The largest absolute Gasteiger partial charge is 0.508 e. The predicted octanol–water partition coefficient (Wildman–Crippen LogP) is 4.10. The highest BCUT2D eigenvalue weighted by Crippen LogP contribution is 2.25. The predicted molar refractivity (Wildman–Crippen MR) is 151 cm³/mol. The van der Waals surface area contributed by atoms with Crippen LogP contribution in [0, 0.1) is 12.8 Å².